The summed E-state index contributed by atoms with van der Waals surface area (Å²) in [6.45, 7) is 7.96. The van der Waals surface area contributed by atoms with Crippen molar-refractivity contribution in [1.82, 2.24) is 19.4 Å². The minimum atomic E-state index is -0.945. The second-order valence-corrected chi connectivity index (χ2v) is 14.4. The van der Waals surface area contributed by atoms with Gasteiger partial charge in [-0.15, -0.1) is 0 Å². The van der Waals surface area contributed by atoms with Crippen molar-refractivity contribution in [3.05, 3.63) is 77.6 Å². The van der Waals surface area contributed by atoms with Gasteiger partial charge in [-0.2, -0.15) is 0 Å². The molecule has 0 spiro atoms. The Bertz CT molecular complexity index is 1790. The highest BCUT2D eigenvalue weighted by atomic mass is 16.6. The van der Waals surface area contributed by atoms with Crippen LogP contribution in [0.4, 0.5) is 4.79 Å². The standard InChI is InChI=1S/C39H48N4O6/c1-39(2,3)49-38(46)42(5)20-19-41(4)29-23-43-33-21-27(37(44)45)14-16-31(33)35(26-11-7-6-8-12-26)36(43)32-17-15-30(22-34(32)48-25-29)47-24-28-13-9-10-18-40-28/h9-10,13-18,21-22,26,29H,6-8,11-12,19-20,23-25H2,1-5H3,(H,44,45)/t29-/m1/s1. The lowest BCUT2D eigenvalue weighted by molar-refractivity contribution is 0.0273. The van der Waals surface area contributed by atoms with E-state index in [1.54, 1.807) is 24.2 Å². The van der Waals surface area contributed by atoms with E-state index in [2.05, 4.69) is 20.5 Å². The number of carbonyl (C=O) groups is 2. The molecule has 1 N–H and O–H groups in total. The molecule has 2 aliphatic rings. The molecule has 1 atom stereocenters. The molecular formula is C39H48N4O6. The number of hydrogen-bond acceptors (Lipinski definition) is 7. The fraction of sp³-hybridized carbons (Fsp3) is 0.462. The average molecular weight is 669 g/mol. The summed E-state index contributed by atoms with van der Waals surface area (Å²) in [6, 6.07) is 17.3. The van der Waals surface area contributed by atoms with Crippen LogP contribution in [0.1, 0.15) is 80.4 Å². The first-order valence-corrected chi connectivity index (χ1v) is 17.3. The second kappa shape index (κ2) is 14.5. The van der Waals surface area contributed by atoms with Crippen LogP contribution in [0.15, 0.2) is 60.8 Å². The smallest absolute Gasteiger partial charge is 0.410 e. The molecule has 2 aromatic heterocycles. The summed E-state index contributed by atoms with van der Waals surface area (Å²) in [5.74, 6) is 0.819. The fourth-order valence-corrected chi connectivity index (χ4v) is 6.98. The van der Waals surface area contributed by atoms with Gasteiger partial charge in [0.2, 0.25) is 0 Å². The summed E-state index contributed by atoms with van der Waals surface area (Å²) in [5.41, 5.74) is 4.78. The van der Waals surface area contributed by atoms with Crippen LogP contribution in [0, 0.1) is 0 Å². The molecule has 2 aromatic carbocycles. The maximum Gasteiger partial charge on any atom is 0.410 e. The third-order valence-corrected chi connectivity index (χ3v) is 9.63. The lowest BCUT2D eigenvalue weighted by Crippen LogP contribution is -2.45. The maximum atomic E-state index is 12.7. The molecule has 1 fully saturated rings. The van der Waals surface area contributed by atoms with Crippen molar-refractivity contribution in [2.45, 2.75) is 83.6 Å². The first-order chi connectivity index (χ1) is 23.5. The van der Waals surface area contributed by atoms with Gasteiger partial charge < -0.3 is 28.8 Å². The van der Waals surface area contributed by atoms with E-state index in [4.69, 9.17) is 14.2 Å². The zero-order valence-corrected chi connectivity index (χ0v) is 29.3. The quantitative estimate of drug-likeness (QED) is 0.195. The van der Waals surface area contributed by atoms with Crippen LogP contribution in [0.2, 0.25) is 0 Å². The molecule has 10 heteroatoms. The molecule has 3 heterocycles. The van der Waals surface area contributed by atoms with E-state index in [0.717, 1.165) is 46.4 Å². The normalized spacial score (nSPS) is 16.7. The number of hydrogen-bond donors (Lipinski definition) is 1. The van der Waals surface area contributed by atoms with Crippen molar-refractivity contribution in [2.24, 2.45) is 0 Å². The molecule has 0 radical (unpaired) electrons. The minimum Gasteiger partial charge on any atom is -0.491 e. The van der Waals surface area contributed by atoms with Crippen molar-refractivity contribution in [3.8, 4) is 22.8 Å². The molecule has 1 amide bonds. The molecule has 260 valence electrons. The molecule has 6 rings (SSSR count). The zero-order chi connectivity index (χ0) is 34.7. The third-order valence-electron chi connectivity index (χ3n) is 9.63. The lowest BCUT2D eigenvalue weighted by atomic mass is 9.81. The Kier molecular flexibility index (Phi) is 10.2. The van der Waals surface area contributed by atoms with E-state index in [-0.39, 0.29) is 17.7 Å². The number of benzene rings is 2. The van der Waals surface area contributed by atoms with E-state index >= 15 is 0 Å². The zero-order valence-electron chi connectivity index (χ0n) is 29.3. The average Bonchev–Trinajstić information content (AvgIpc) is 3.39. The van der Waals surface area contributed by atoms with E-state index in [1.165, 1.54) is 24.8 Å². The molecule has 4 aromatic rings. The summed E-state index contributed by atoms with van der Waals surface area (Å²) in [4.78, 5) is 33.1. The summed E-state index contributed by atoms with van der Waals surface area (Å²) < 4.78 is 20.8. The van der Waals surface area contributed by atoms with E-state index in [9.17, 15) is 14.7 Å². The number of nitrogens with zero attached hydrogens (tertiary/aromatic N) is 4. The monoisotopic (exact) mass is 668 g/mol. The van der Waals surface area contributed by atoms with Crippen LogP contribution in [0.3, 0.4) is 0 Å². The third kappa shape index (κ3) is 7.85. The number of aromatic nitrogens is 2. The van der Waals surface area contributed by atoms with Crippen LogP contribution in [0.5, 0.6) is 11.5 Å². The molecule has 0 bridgehead atoms. The first-order valence-electron chi connectivity index (χ1n) is 17.3. The van der Waals surface area contributed by atoms with Crippen LogP contribution in [-0.4, -0.2) is 82.0 Å². The van der Waals surface area contributed by atoms with Gasteiger partial charge in [0.1, 0.15) is 30.3 Å². The molecule has 49 heavy (non-hydrogen) atoms. The van der Waals surface area contributed by atoms with Crippen molar-refractivity contribution < 1.29 is 28.9 Å². The Hall–Kier alpha value is -4.57. The lowest BCUT2D eigenvalue weighted by Gasteiger charge is -2.33. The minimum absolute atomic E-state index is 0.0830. The maximum absolute atomic E-state index is 12.7. The van der Waals surface area contributed by atoms with Crippen LogP contribution in [0.25, 0.3) is 22.2 Å². The number of amides is 1. The Morgan fingerprint density at radius 3 is 2.53 bits per heavy atom. The predicted octanol–water partition coefficient (Wildman–Crippen LogP) is 7.59. The van der Waals surface area contributed by atoms with Crippen molar-refractivity contribution in [2.75, 3.05) is 33.8 Å². The number of rotatable bonds is 9. The highest BCUT2D eigenvalue weighted by Gasteiger charge is 2.32. The summed E-state index contributed by atoms with van der Waals surface area (Å²) in [7, 11) is 3.79. The van der Waals surface area contributed by atoms with E-state index in [1.807, 2.05) is 70.3 Å². The van der Waals surface area contributed by atoms with Crippen LogP contribution < -0.4 is 9.47 Å². The molecule has 1 aliphatic heterocycles. The summed E-state index contributed by atoms with van der Waals surface area (Å²) >= 11 is 0. The Morgan fingerprint density at radius 2 is 1.82 bits per heavy atom. The van der Waals surface area contributed by atoms with E-state index < -0.39 is 11.6 Å². The molecule has 0 saturated heterocycles. The van der Waals surface area contributed by atoms with Gasteiger partial charge in [-0.05, 0) is 88.5 Å². The van der Waals surface area contributed by atoms with Crippen molar-refractivity contribution in [3.63, 3.8) is 0 Å². The molecule has 1 aliphatic carbocycles. The largest absolute Gasteiger partial charge is 0.491 e. The molecule has 1 saturated carbocycles. The van der Waals surface area contributed by atoms with Gasteiger partial charge in [0, 0.05) is 55.4 Å². The molecular weight excluding hydrogens is 620 g/mol. The Balaban J connectivity index is 1.40. The van der Waals surface area contributed by atoms with Gasteiger partial charge in [-0.3, -0.25) is 9.88 Å². The van der Waals surface area contributed by atoms with Crippen LogP contribution in [-0.2, 0) is 17.9 Å². The number of ether oxygens (including phenoxy) is 3. The summed E-state index contributed by atoms with van der Waals surface area (Å²) in [6.07, 6.45) is 7.15. The van der Waals surface area contributed by atoms with Gasteiger partial charge in [-0.1, -0.05) is 31.4 Å². The first kappa shape index (κ1) is 34.3. The van der Waals surface area contributed by atoms with Crippen LogP contribution >= 0.6 is 0 Å². The van der Waals surface area contributed by atoms with Gasteiger partial charge in [0.25, 0.3) is 0 Å². The number of carboxylic acids is 1. The highest BCUT2D eigenvalue weighted by Crippen LogP contribution is 2.48. The fourth-order valence-electron chi connectivity index (χ4n) is 6.98. The van der Waals surface area contributed by atoms with Crippen molar-refractivity contribution in [1.29, 1.82) is 0 Å². The van der Waals surface area contributed by atoms with Gasteiger partial charge in [0.15, 0.2) is 0 Å². The molecule has 0 unspecified atom stereocenters. The number of fused-ring (bicyclic) bond motifs is 5. The summed E-state index contributed by atoms with van der Waals surface area (Å²) in [5, 5.41) is 11.1. The SMILES string of the molecule is CN(CCN(C)[C@H]1COc2cc(OCc3ccccn3)ccc2-c2c(C3CCCCC3)c3ccc(C(=O)O)cc3n2C1)C(=O)OC(C)(C)C. The van der Waals surface area contributed by atoms with Crippen molar-refractivity contribution >= 4 is 23.0 Å². The number of likely N-dealkylation sites (N-methyl/N-ethyl adjacent to an activating group) is 2. The van der Waals surface area contributed by atoms with Gasteiger partial charge >= 0.3 is 12.1 Å². The number of carboxylic acid groups (broad SMARTS) is 1. The highest BCUT2D eigenvalue weighted by molar-refractivity contribution is 5.98. The second-order valence-electron chi connectivity index (χ2n) is 14.4. The van der Waals surface area contributed by atoms with Gasteiger partial charge in [0.05, 0.1) is 23.0 Å². The number of pyridine rings is 1. The van der Waals surface area contributed by atoms with E-state index in [0.29, 0.717) is 44.5 Å². The Labute approximate surface area is 288 Å². The topological polar surface area (TPSA) is 106 Å². The van der Waals surface area contributed by atoms with Gasteiger partial charge in [-0.25, -0.2) is 9.59 Å². The number of aromatic carboxylic acids is 1. The Morgan fingerprint density at radius 1 is 1.02 bits per heavy atom. The number of carbonyl (C=O) groups excluding carboxylic acids is 1. The predicted molar refractivity (Wildman–Crippen MR) is 190 cm³/mol. The molecule has 10 nitrogen and oxygen atoms in total.